The number of carbonyl (C=O) groups excluding carboxylic acids is 1. The first-order valence-corrected chi connectivity index (χ1v) is 6.08. The van der Waals surface area contributed by atoms with E-state index in [9.17, 15) is 19.7 Å². The lowest BCUT2D eigenvalue weighted by Crippen LogP contribution is -2.32. The molecule has 0 saturated heterocycles. The van der Waals surface area contributed by atoms with Crippen LogP contribution in [0.4, 0.5) is 5.69 Å². The fraction of sp³-hybridized carbons (Fsp3) is 0.500. The van der Waals surface area contributed by atoms with Gasteiger partial charge in [-0.05, 0) is 13.3 Å². The summed E-state index contributed by atoms with van der Waals surface area (Å²) in [5, 5.41) is 13.4. The van der Waals surface area contributed by atoms with Crippen molar-refractivity contribution in [1.82, 2.24) is 9.88 Å². The number of amides is 1. The van der Waals surface area contributed by atoms with E-state index in [1.54, 1.807) is 0 Å². The van der Waals surface area contributed by atoms with E-state index in [0.717, 1.165) is 29.7 Å². The van der Waals surface area contributed by atoms with Gasteiger partial charge in [-0.3, -0.25) is 24.3 Å². The normalized spacial score (nSPS) is 10.2. The smallest absolute Gasteiger partial charge is 0.288 e. The fourth-order valence-corrected chi connectivity index (χ4v) is 1.59. The molecule has 0 bridgehead atoms. The van der Waals surface area contributed by atoms with E-state index in [1.165, 1.54) is 6.92 Å². The zero-order chi connectivity index (χ0) is 14.4. The Morgan fingerprint density at radius 1 is 1.53 bits per heavy atom. The molecule has 1 heterocycles. The molecule has 0 aliphatic rings. The molecule has 0 radical (unpaired) electrons. The minimum Gasteiger partial charge on any atom is -0.355 e. The van der Waals surface area contributed by atoms with Crippen LogP contribution in [-0.4, -0.2) is 21.9 Å². The molecule has 0 aliphatic carbocycles. The van der Waals surface area contributed by atoms with E-state index < -0.39 is 10.5 Å². The van der Waals surface area contributed by atoms with Crippen molar-refractivity contribution in [3.8, 4) is 0 Å². The molecule has 1 rings (SSSR count). The minimum absolute atomic E-state index is 0.166. The molecular weight excluding hydrogens is 250 g/mol. The van der Waals surface area contributed by atoms with Crippen molar-refractivity contribution < 1.29 is 9.72 Å². The predicted octanol–water partition coefficient (Wildman–Crippen LogP) is 0.981. The van der Waals surface area contributed by atoms with Gasteiger partial charge in [0.15, 0.2) is 0 Å². The van der Waals surface area contributed by atoms with Gasteiger partial charge in [0, 0.05) is 18.2 Å². The molecule has 0 unspecified atom stereocenters. The Hall–Kier alpha value is -2.18. The van der Waals surface area contributed by atoms with Crippen molar-refractivity contribution in [3.63, 3.8) is 0 Å². The molecular formula is C12H17N3O4. The third-order valence-electron chi connectivity index (χ3n) is 2.67. The lowest BCUT2D eigenvalue weighted by molar-refractivity contribution is -0.385. The average molecular weight is 267 g/mol. The monoisotopic (exact) mass is 267 g/mol. The second-order valence-corrected chi connectivity index (χ2v) is 4.27. The lowest BCUT2D eigenvalue weighted by atomic mass is 10.2. The first-order valence-electron chi connectivity index (χ1n) is 6.08. The maximum absolute atomic E-state index is 11.6. The second kappa shape index (κ2) is 6.67. The number of rotatable bonds is 6. The van der Waals surface area contributed by atoms with Gasteiger partial charge >= 0.3 is 0 Å². The Labute approximate surface area is 110 Å². The van der Waals surface area contributed by atoms with Crippen LogP contribution in [0, 0.1) is 17.0 Å². The molecule has 0 spiro atoms. The number of pyridine rings is 1. The first kappa shape index (κ1) is 14.9. The van der Waals surface area contributed by atoms with Crippen LogP contribution in [0.15, 0.2) is 17.1 Å². The van der Waals surface area contributed by atoms with Crippen LogP contribution in [0.1, 0.15) is 25.3 Å². The molecule has 1 N–H and O–H groups in total. The Morgan fingerprint density at radius 2 is 2.21 bits per heavy atom. The van der Waals surface area contributed by atoms with Crippen molar-refractivity contribution >= 4 is 11.6 Å². The number of nitrogens with zero attached hydrogens (tertiary/aromatic N) is 2. The van der Waals surface area contributed by atoms with Crippen molar-refractivity contribution in [1.29, 1.82) is 0 Å². The first-order chi connectivity index (χ1) is 8.95. The standard InChI is InChI=1S/C12H17N3O4/c1-3-4-5-13-11(16)8-14-7-10(15(18)19)9(2)6-12(14)17/h6-7H,3-5,8H2,1-2H3,(H,13,16). The van der Waals surface area contributed by atoms with Crippen LogP contribution in [0.5, 0.6) is 0 Å². The zero-order valence-electron chi connectivity index (χ0n) is 11.0. The van der Waals surface area contributed by atoms with Gasteiger partial charge in [0.05, 0.1) is 11.1 Å². The number of aryl methyl sites for hydroxylation is 1. The maximum atomic E-state index is 11.6. The number of aromatic nitrogens is 1. The molecule has 7 heteroatoms. The van der Waals surface area contributed by atoms with Crippen LogP contribution in [0.25, 0.3) is 0 Å². The van der Waals surface area contributed by atoms with Crippen LogP contribution < -0.4 is 10.9 Å². The number of hydrogen-bond donors (Lipinski definition) is 1. The van der Waals surface area contributed by atoms with Gasteiger partial charge in [-0.2, -0.15) is 0 Å². The highest BCUT2D eigenvalue weighted by atomic mass is 16.6. The van der Waals surface area contributed by atoms with Gasteiger partial charge in [-0.15, -0.1) is 0 Å². The molecule has 104 valence electrons. The molecule has 1 amide bonds. The summed E-state index contributed by atoms with van der Waals surface area (Å²) in [4.78, 5) is 33.4. The summed E-state index contributed by atoms with van der Waals surface area (Å²) in [6, 6.07) is 1.16. The molecule has 0 atom stereocenters. The molecule has 0 aromatic carbocycles. The van der Waals surface area contributed by atoms with E-state index >= 15 is 0 Å². The van der Waals surface area contributed by atoms with E-state index in [-0.39, 0.29) is 23.7 Å². The van der Waals surface area contributed by atoms with Crippen molar-refractivity contribution in [2.75, 3.05) is 6.54 Å². The van der Waals surface area contributed by atoms with E-state index in [1.807, 2.05) is 6.92 Å². The van der Waals surface area contributed by atoms with Gasteiger partial charge < -0.3 is 5.32 Å². The SMILES string of the molecule is CCCCNC(=O)Cn1cc([N+](=O)[O-])c(C)cc1=O. The predicted molar refractivity (Wildman–Crippen MR) is 70.0 cm³/mol. The number of nitro groups is 1. The van der Waals surface area contributed by atoms with Crippen molar-refractivity contribution in [3.05, 3.63) is 38.3 Å². The summed E-state index contributed by atoms with van der Waals surface area (Å²) in [6.07, 6.45) is 2.92. The molecule has 0 fully saturated rings. The molecule has 0 saturated carbocycles. The number of hydrogen-bond acceptors (Lipinski definition) is 4. The van der Waals surface area contributed by atoms with Crippen LogP contribution in [0.2, 0.25) is 0 Å². The van der Waals surface area contributed by atoms with E-state index in [2.05, 4.69) is 5.32 Å². The Morgan fingerprint density at radius 3 is 2.79 bits per heavy atom. The summed E-state index contributed by atoms with van der Waals surface area (Å²) in [5.74, 6) is -0.325. The van der Waals surface area contributed by atoms with Gasteiger partial charge in [0.1, 0.15) is 6.54 Å². The fourth-order valence-electron chi connectivity index (χ4n) is 1.59. The molecule has 1 aromatic heterocycles. The molecule has 19 heavy (non-hydrogen) atoms. The quantitative estimate of drug-likeness (QED) is 0.472. The van der Waals surface area contributed by atoms with E-state index in [0.29, 0.717) is 6.54 Å². The Kier molecular flexibility index (Phi) is 5.23. The highest BCUT2D eigenvalue weighted by molar-refractivity contribution is 5.75. The average Bonchev–Trinajstić information content (AvgIpc) is 2.32. The molecule has 0 aliphatic heterocycles. The second-order valence-electron chi connectivity index (χ2n) is 4.27. The van der Waals surface area contributed by atoms with Crippen LogP contribution in [-0.2, 0) is 11.3 Å². The van der Waals surface area contributed by atoms with Gasteiger partial charge in [-0.25, -0.2) is 0 Å². The van der Waals surface area contributed by atoms with E-state index in [4.69, 9.17) is 0 Å². The van der Waals surface area contributed by atoms with Crippen molar-refractivity contribution in [2.45, 2.75) is 33.2 Å². The zero-order valence-corrected chi connectivity index (χ0v) is 11.0. The Balaban J connectivity index is 2.83. The van der Waals surface area contributed by atoms with Gasteiger partial charge in [0.25, 0.3) is 11.2 Å². The summed E-state index contributed by atoms with van der Waals surface area (Å²) in [7, 11) is 0. The minimum atomic E-state index is -0.569. The summed E-state index contributed by atoms with van der Waals surface area (Å²) in [5.41, 5.74) is -0.299. The van der Waals surface area contributed by atoms with Gasteiger partial charge in [0.2, 0.25) is 5.91 Å². The molecule has 1 aromatic rings. The summed E-state index contributed by atoms with van der Waals surface area (Å²) >= 11 is 0. The maximum Gasteiger partial charge on any atom is 0.288 e. The lowest BCUT2D eigenvalue weighted by Gasteiger charge is -2.07. The van der Waals surface area contributed by atoms with Crippen LogP contribution in [0.3, 0.4) is 0 Å². The van der Waals surface area contributed by atoms with Crippen LogP contribution >= 0.6 is 0 Å². The molecule has 7 nitrogen and oxygen atoms in total. The summed E-state index contributed by atoms with van der Waals surface area (Å²) < 4.78 is 1.05. The summed E-state index contributed by atoms with van der Waals surface area (Å²) in [6.45, 7) is 3.83. The number of nitrogens with one attached hydrogen (secondary N) is 1. The number of unbranched alkanes of at least 4 members (excludes halogenated alkanes) is 1. The third-order valence-corrected chi connectivity index (χ3v) is 2.67. The number of carbonyl (C=O) groups is 1. The highest BCUT2D eigenvalue weighted by Gasteiger charge is 2.14. The third kappa shape index (κ3) is 4.20. The largest absolute Gasteiger partial charge is 0.355 e. The highest BCUT2D eigenvalue weighted by Crippen LogP contribution is 2.13. The topological polar surface area (TPSA) is 94.2 Å². The van der Waals surface area contributed by atoms with Crippen molar-refractivity contribution in [2.24, 2.45) is 0 Å². The Bertz CT molecular complexity index is 536. The van der Waals surface area contributed by atoms with Gasteiger partial charge in [-0.1, -0.05) is 13.3 Å².